The molecule has 0 saturated heterocycles. The lowest BCUT2D eigenvalue weighted by Crippen LogP contribution is -1.94. The molecule has 0 unspecified atom stereocenters. The van der Waals surface area contributed by atoms with Crippen LogP contribution in [0.15, 0.2) is 30.4 Å². The number of rotatable bonds is 4. The van der Waals surface area contributed by atoms with Gasteiger partial charge in [0, 0.05) is 5.02 Å². The molecule has 0 aliphatic heterocycles. The average molecular weight is 233 g/mol. The lowest BCUT2D eigenvalue weighted by Gasteiger charge is -2.05. The summed E-state index contributed by atoms with van der Waals surface area (Å²) in [6.45, 7) is 0.389. The second kappa shape index (κ2) is 5.91. The van der Waals surface area contributed by atoms with E-state index in [-0.39, 0.29) is 6.61 Å². The number of aliphatic hydroxyl groups excluding tert-OH is 1. The highest BCUT2D eigenvalue weighted by molar-refractivity contribution is 6.35. The lowest BCUT2D eigenvalue weighted by molar-refractivity contribution is 0.336. The van der Waals surface area contributed by atoms with Crippen LogP contribution < -0.4 is 4.74 Å². The first-order chi connectivity index (χ1) is 6.74. The van der Waals surface area contributed by atoms with Gasteiger partial charge in [-0.2, -0.15) is 0 Å². The topological polar surface area (TPSA) is 29.5 Å². The molecule has 0 aliphatic rings. The second-order valence-corrected chi connectivity index (χ2v) is 3.38. The molecular formula is C10H10Cl2O2. The Labute approximate surface area is 92.7 Å². The molecule has 0 heterocycles. The first-order valence-electron chi connectivity index (χ1n) is 4.07. The number of ether oxygens (including phenoxy) is 1. The number of benzene rings is 1. The van der Waals surface area contributed by atoms with E-state index in [1.807, 2.05) is 0 Å². The van der Waals surface area contributed by atoms with E-state index >= 15 is 0 Å². The minimum Gasteiger partial charge on any atom is -0.488 e. The normalized spacial score (nSPS) is 10.8. The molecule has 0 atom stereocenters. The molecule has 0 amide bonds. The van der Waals surface area contributed by atoms with Crippen LogP contribution in [0.1, 0.15) is 0 Å². The fourth-order valence-corrected chi connectivity index (χ4v) is 1.34. The van der Waals surface area contributed by atoms with Crippen molar-refractivity contribution in [2.45, 2.75) is 0 Å². The Kier molecular flexibility index (Phi) is 4.80. The van der Waals surface area contributed by atoms with Crippen LogP contribution in [-0.4, -0.2) is 18.3 Å². The standard InChI is InChI=1S/C10H10Cl2O2/c11-8-3-4-10(9(12)7-8)14-6-2-1-5-13/h1-4,7,13H,5-6H2/b2-1+. The van der Waals surface area contributed by atoms with Gasteiger partial charge in [0.1, 0.15) is 12.4 Å². The SMILES string of the molecule is OC/C=C/COc1ccc(Cl)cc1Cl. The Hall–Kier alpha value is -0.700. The summed E-state index contributed by atoms with van der Waals surface area (Å²) in [6.07, 6.45) is 3.31. The lowest BCUT2D eigenvalue weighted by atomic mass is 10.3. The van der Waals surface area contributed by atoms with E-state index in [2.05, 4.69) is 0 Å². The van der Waals surface area contributed by atoms with Crippen LogP contribution in [0, 0.1) is 0 Å². The van der Waals surface area contributed by atoms with Crippen LogP contribution in [0.2, 0.25) is 10.0 Å². The van der Waals surface area contributed by atoms with E-state index in [1.54, 1.807) is 30.4 Å². The molecule has 2 nitrogen and oxygen atoms in total. The predicted octanol–water partition coefficient (Wildman–Crippen LogP) is 2.92. The van der Waals surface area contributed by atoms with Crippen LogP contribution >= 0.6 is 23.2 Å². The molecular weight excluding hydrogens is 223 g/mol. The van der Waals surface area contributed by atoms with Gasteiger partial charge < -0.3 is 9.84 Å². The van der Waals surface area contributed by atoms with Crippen LogP contribution in [0.25, 0.3) is 0 Å². The second-order valence-electron chi connectivity index (χ2n) is 2.54. The summed E-state index contributed by atoms with van der Waals surface area (Å²) in [6, 6.07) is 5.03. The number of hydrogen-bond acceptors (Lipinski definition) is 2. The maximum absolute atomic E-state index is 8.47. The van der Waals surface area contributed by atoms with Gasteiger partial charge in [0.2, 0.25) is 0 Å². The minimum absolute atomic E-state index is 0.0116. The van der Waals surface area contributed by atoms with Crippen molar-refractivity contribution in [3.8, 4) is 5.75 Å². The van der Waals surface area contributed by atoms with E-state index < -0.39 is 0 Å². The fraction of sp³-hybridized carbons (Fsp3) is 0.200. The van der Waals surface area contributed by atoms with Gasteiger partial charge in [0.25, 0.3) is 0 Å². The summed E-state index contributed by atoms with van der Waals surface area (Å²) in [4.78, 5) is 0. The molecule has 0 radical (unpaired) electrons. The summed E-state index contributed by atoms with van der Waals surface area (Å²) in [5.74, 6) is 0.582. The van der Waals surface area contributed by atoms with Gasteiger partial charge in [-0.25, -0.2) is 0 Å². The Morgan fingerprint density at radius 1 is 1.29 bits per heavy atom. The molecule has 76 valence electrons. The Balaban J connectivity index is 2.55. The quantitative estimate of drug-likeness (QED) is 0.810. The molecule has 14 heavy (non-hydrogen) atoms. The Morgan fingerprint density at radius 3 is 2.71 bits per heavy atom. The van der Waals surface area contributed by atoms with Crippen molar-refractivity contribution in [2.75, 3.05) is 13.2 Å². The number of hydrogen-bond donors (Lipinski definition) is 1. The highest BCUT2D eigenvalue weighted by Gasteiger charge is 2.00. The summed E-state index contributed by atoms with van der Waals surface area (Å²) >= 11 is 11.6. The van der Waals surface area contributed by atoms with Gasteiger partial charge in [-0.1, -0.05) is 29.3 Å². The molecule has 1 aromatic carbocycles. The third-order valence-corrected chi connectivity index (χ3v) is 2.03. The zero-order valence-electron chi connectivity index (χ0n) is 7.41. The minimum atomic E-state index is 0.0116. The van der Waals surface area contributed by atoms with Crippen LogP contribution in [0.3, 0.4) is 0 Å². The summed E-state index contributed by atoms with van der Waals surface area (Å²) in [5, 5.41) is 9.53. The molecule has 0 saturated carbocycles. The molecule has 4 heteroatoms. The van der Waals surface area contributed by atoms with Crippen molar-refractivity contribution in [1.82, 2.24) is 0 Å². The Bertz CT molecular complexity index is 324. The molecule has 0 fully saturated rings. The monoisotopic (exact) mass is 232 g/mol. The molecule has 0 aliphatic carbocycles. The van der Waals surface area contributed by atoms with Crippen molar-refractivity contribution >= 4 is 23.2 Å². The van der Waals surface area contributed by atoms with E-state index in [9.17, 15) is 0 Å². The van der Waals surface area contributed by atoms with Crippen molar-refractivity contribution in [3.05, 3.63) is 40.4 Å². The van der Waals surface area contributed by atoms with E-state index in [0.717, 1.165) is 0 Å². The zero-order valence-corrected chi connectivity index (χ0v) is 8.92. The van der Waals surface area contributed by atoms with Gasteiger partial charge in [0.05, 0.1) is 11.6 Å². The first-order valence-corrected chi connectivity index (χ1v) is 4.83. The summed E-state index contributed by atoms with van der Waals surface area (Å²) < 4.78 is 5.31. The predicted molar refractivity (Wildman–Crippen MR) is 58.2 cm³/mol. The molecule has 0 bridgehead atoms. The van der Waals surface area contributed by atoms with E-state index in [4.69, 9.17) is 33.0 Å². The van der Waals surface area contributed by atoms with Gasteiger partial charge >= 0.3 is 0 Å². The van der Waals surface area contributed by atoms with Gasteiger partial charge in [0.15, 0.2) is 0 Å². The van der Waals surface area contributed by atoms with Crippen LogP contribution in [-0.2, 0) is 0 Å². The number of halogens is 2. The van der Waals surface area contributed by atoms with Gasteiger partial charge in [-0.15, -0.1) is 0 Å². The van der Waals surface area contributed by atoms with E-state index in [0.29, 0.717) is 22.4 Å². The Morgan fingerprint density at radius 2 is 2.07 bits per heavy atom. The van der Waals surface area contributed by atoms with Crippen molar-refractivity contribution in [3.63, 3.8) is 0 Å². The van der Waals surface area contributed by atoms with Crippen LogP contribution in [0.5, 0.6) is 5.75 Å². The fourth-order valence-electron chi connectivity index (χ4n) is 0.873. The third kappa shape index (κ3) is 3.58. The molecule has 1 aromatic rings. The largest absolute Gasteiger partial charge is 0.488 e. The molecule has 0 aromatic heterocycles. The van der Waals surface area contributed by atoms with Crippen molar-refractivity contribution < 1.29 is 9.84 Å². The highest BCUT2D eigenvalue weighted by Crippen LogP contribution is 2.27. The zero-order chi connectivity index (χ0) is 10.4. The van der Waals surface area contributed by atoms with Crippen LogP contribution in [0.4, 0.5) is 0 Å². The molecule has 0 spiro atoms. The maximum Gasteiger partial charge on any atom is 0.138 e. The van der Waals surface area contributed by atoms with Crippen molar-refractivity contribution in [1.29, 1.82) is 0 Å². The van der Waals surface area contributed by atoms with Gasteiger partial charge in [-0.05, 0) is 24.3 Å². The summed E-state index contributed by atoms with van der Waals surface area (Å²) in [5.41, 5.74) is 0. The third-order valence-electron chi connectivity index (χ3n) is 1.50. The number of aliphatic hydroxyl groups is 1. The average Bonchev–Trinajstić information content (AvgIpc) is 2.15. The maximum atomic E-state index is 8.47. The smallest absolute Gasteiger partial charge is 0.138 e. The van der Waals surface area contributed by atoms with E-state index in [1.165, 1.54) is 0 Å². The van der Waals surface area contributed by atoms with Crippen molar-refractivity contribution in [2.24, 2.45) is 0 Å². The molecule has 1 rings (SSSR count). The summed E-state index contributed by atoms with van der Waals surface area (Å²) in [7, 11) is 0. The first kappa shape index (κ1) is 11.4. The highest BCUT2D eigenvalue weighted by atomic mass is 35.5. The molecule has 1 N–H and O–H groups in total. The van der Waals surface area contributed by atoms with Gasteiger partial charge in [-0.3, -0.25) is 0 Å².